The van der Waals surface area contributed by atoms with Crippen LogP contribution in [0.4, 0.5) is 11.4 Å². The van der Waals surface area contributed by atoms with Crippen molar-refractivity contribution in [3.05, 3.63) is 80.0 Å². The molecule has 0 amide bonds. The Labute approximate surface area is 172 Å². The fourth-order valence-corrected chi connectivity index (χ4v) is 3.17. The fraction of sp³-hybridized carbons (Fsp3) is 0.190. The van der Waals surface area contributed by atoms with Crippen LogP contribution in [0.5, 0.6) is 5.88 Å². The van der Waals surface area contributed by atoms with Gasteiger partial charge in [-0.1, -0.05) is 17.7 Å². The number of anilines is 1. The number of halogens is 1. The highest BCUT2D eigenvalue weighted by molar-refractivity contribution is 6.30. The number of aromatic nitrogens is 2. The van der Waals surface area contributed by atoms with Crippen molar-refractivity contribution in [3.8, 4) is 11.6 Å². The molecule has 8 heteroatoms. The lowest BCUT2D eigenvalue weighted by molar-refractivity contribution is 0.430. The molecule has 0 unspecified atom stereocenters. The van der Waals surface area contributed by atoms with Gasteiger partial charge in [-0.2, -0.15) is 0 Å². The highest BCUT2D eigenvalue weighted by atomic mass is 35.5. The summed E-state index contributed by atoms with van der Waals surface area (Å²) in [4.78, 5) is 33.1. The van der Waals surface area contributed by atoms with Crippen molar-refractivity contribution in [1.82, 2.24) is 9.55 Å². The Morgan fingerprint density at radius 3 is 2.45 bits per heavy atom. The molecule has 0 radical (unpaired) electrons. The summed E-state index contributed by atoms with van der Waals surface area (Å²) in [6, 6.07) is 13.9. The smallest absolute Gasteiger partial charge is 0.335 e. The monoisotopic (exact) mass is 412 g/mol. The maximum atomic E-state index is 12.2. The largest absolute Gasteiger partial charge is 0.493 e. The molecule has 2 N–H and O–H groups in total. The minimum absolute atomic E-state index is 0.127. The van der Waals surface area contributed by atoms with Gasteiger partial charge in [0.1, 0.15) is 5.56 Å². The highest BCUT2D eigenvalue weighted by Crippen LogP contribution is 2.21. The van der Waals surface area contributed by atoms with Crippen LogP contribution in [0.2, 0.25) is 5.02 Å². The van der Waals surface area contributed by atoms with Crippen molar-refractivity contribution in [3.63, 3.8) is 0 Å². The molecule has 3 rings (SSSR count). The molecule has 0 bridgehead atoms. The topological polar surface area (TPSA) is 90.7 Å². The number of rotatable bonds is 6. The second-order valence-corrected chi connectivity index (χ2v) is 6.70. The molecule has 0 atom stereocenters. The number of hydrogen-bond acceptors (Lipinski definition) is 5. The van der Waals surface area contributed by atoms with Crippen LogP contribution in [0.25, 0.3) is 5.69 Å². The lowest BCUT2D eigenvalue weighted by atomic mass is 10.2. The van der Waals surface area contributed by atoms with Gasteiger partial charge in [0.15, 0.2) is 0 Å². The molecular weight excluding hydrogens is 392 g/mol. The lowest BCUT2D eigenvalue weighted by Gasteiger charge is -2.20. The zero-order chi connectivity index (χ0) is 21.0. The van der Waals surface area contributed by atoms with Crippen LogP contribution in [-0.4, -0.2) is 34.0 Å². The predicted molar refractivity (Wildman–Crippen MR) is 117 cm³/mol. The minimum atomic E-state index is -0.768. The second-order valence-electron chi connectivity index (χ2n) is 6.26. The van der Waals surface area contributed by atoms with E-state index in [1.807, 2.05) is 24.3 Å². The van der Waals surface area contributed by atoms with Crippen molar-refractivity contribution in [2.24, 2.45) is 4.99 Å². The van der Waals surface area contributed by atoms with Gasteiger partial charge in [0.05, 0.1) is 11.4 Å². The summed E-state index contributed by atoms with van der Waals surface area (Å²) in [5, 5.41) is 10.9. The van der Waals surface area contributed by atoms with Crippen LogP contribution in [0, 0.1) is 0 Å². The van der Waals surface area contributed by atoms with Crippen LogP contribution in [0.1, 0.15) is 19.4 Å². The van der Waals surface area contributed by atoms with Gasteiger partial charge in [0, 0.05) is 30.0 Å². The van der Waals surface area contributed by atoms with Gasteiger partial charge in [-0.25, -0.2) is 9.36 Å². The molecule has 29 heavy (non-hydrogen) atoms. The van der Waals surface area contributed by atoms with E-state index in [0.717, 1.165) is 23.3 Å². The van der Waals surface area contributed by atoms with E-state index >= 15 is 0 Å². The molecule has 0 aliphatic rings. The Bertz CT molecular complexity index is 1150. The van der Waals surface area contributed by atoms with E-state index < -0.39 is 17.1 Å². The average molecular weight is 413 g/mol. The molecule has 0 fully saturated rings. The van der Waals surface area contributed by atoms with E-state index in [-0.39, 0.29) is 5.56 Å². The van der Waals surface area contributed by atoms with Crippen LogP contribution < -0.4 is 16.1 Å². The van der Waals surface area contributed by atoms with Gasteiger partial charge in [0.25, 0.3) is 5.56 Å². The average Bonchev–Trinajstić information content (AvgIpc) is 2.69. The number of aliphatic imine (C=N–C) groups is 1. The first kappa shape index (κ1) is 20.4. The summed E-state index contributed by atoms with van der Waals surface area (Å²) in [5.41, 5.74) is 0.390. The number of aromatic hydroxyl groups is 1. The summed E-state index contributed by atoms with van der Waals surface area (Å²) in [5.74, 6) is -0.510. The normalized spacial score (nSPS) is 11.1. The summed E-state index contributed by atoms with van der Waals surface area (Å²) in [6.45, 7) is 5.96. The van der Waals surface area contributed by atoms with E-state index in [9.17, 15) is 14.7 Å². The van der Waals surface area contributed by atoms with Gasteiger partial charge in [0.2, 0.25) is 5.88 Å². The molecular formula is C21H21ClN4O3. The third-order valence-corrected chi connectivity index (χ3v) is 4.74. The van der Waals surface area contributed by atoms with Gasteiger partial charge in [-0.3, -0.25) is 14.8 Å². The molecule has 0 saturated heterocycles. The summed E-state index contributed by atoms with van der Waals surface area (Å²) < 4.78 is 0.970. The zero-order valence-electron chi connectivity index (χ0n) is 16.1. The maximum Gasteiger partial charge on any atom is 0.335 e. The van der Waals surface area contributed by atoms with Gasteiger partial charge < -0.3 is 10.0 Å². The van der Waals surface area contributed by atoms with E-state index in [2.05, 4.69) is 28.7 Å². The number of nitrogens with one attached hydrogen (secondary N) is 1. The summed E-state index contributed by atoms with van der Waals surface area (Å²) in [6.07, 6.45) is 1.24. The van der Waals surface area contributed by atoms with Crippen LogP contribution in [-0.2, 0) is 0 Å². The van der Waals surface area contributed by atoms with Gasteiger partial charge in [-0.15, -0.1) is 0 Å². The Hall–Kier alpha value is -3.32. The van der Waals surface area contributed by atoms with Crippen LogP contribution in [0.3, 0.4) is 0 Å². The third kappa shape index (κ3) is 4.41. The number of aromatic amines is 1. The zero-order valence-corrected chi connectivity index (χ0v) is 16.8. The highest BCUT2D eigenvalue weighted by Gasteiger charge is 2.14. The molecule has 0 saturated carbocycles. The predicted octanol–water partition coefficient (Wildman–Crippen LogP) is 3.48. The van der Waals surface area contributed by atoms with Crippen molar-refractivity contribution in [1.29, 1.82) is 0 Å². The minimum Gasteiger partial charge on any atom is -0.493 e. The third-order valence-electron chi connectivity index (χ3n) is 4.51. The van der Waals surface area contributed by atoms with Crippen molar-refractivity contribution in [2.75, 3.05) is 18.0 Å². The van der Waals surface area contributed by atoms with E-state index in [1.54, 1.807) is 18.2 Å². The molecule has 3 aromatic rings. The van der Waals surface area contributed by atoms with E-state index in [0.29, 0.717) is 16.4 Å². The molecule has 7 nitrogen and oxygen atoms in total. The molecule has 1 aromatic heterocycles. The Kier molecular flexibility index (Phi) is 6.19. The fourth-order valence-electron chi connectivity index (χ4n) is 2.99. The lowest BCUT2D eigenvalue weighted by Crippen LogP contribution is -2.31. The van der Waals surface area contributed by atoms with Gasteiger partial charge >= 0.3 is 5.69 Å². The van der Waals surface area contributed by atoms with Crippen molar-refractivity contribution >= 4 is 29.2 Å². The SMILES string of the molecule is CCN(CC)c1ccc(N=Cc2c(O)n(-c3cccc(Cl)c3)c(=O)[nH]c2=O)cc1. The van der Waals surface area contributed by atoms with Crippen molar-refractivity contribution in [2.45, 2.75) is 13.8 Å². The molecule has 150 valence electrons. The second kappa shape index (κ2) is 8.79. The number of benzene rings is 2. The summed E-state index contributed by atoms with van der Waals surface area (Å²) >= 11 is 5.97. The quantitative estimate of drug-likeness (QED) is 0.606. The first-order chi connectivity index (χ1) is 13.9. The standard InChI is InChI=1S/C21H21ClN4O3/c1-3-25(4-2)16-10-8-15(9-11-16)23-13-18-19(27)24-21(29)26(20(18)28)17-7-5-6-14(22)12-17/h5-13,28H,3-4H2,1-2H3,(H,24,27,29). The molecule has 1 heterocycles. The first-order valence-corrected chi connectivity index (χ1v) is 9.55. The molecule has 0 aliphatic heterocycles. The summed E-state index contributed by atoms with van der Waals surface area (Å²) in [7, 11) is 0. The maximum absolute atomic E-state index is 12.2. The molecule has 0 spiro atoms. The van der Waals surface area contributed by atoms with Crippen LogP contribution >= 0.6 is 11.6 Å². The number of nitrogens with zero attached hydrogens (tertiary/aromatic N) is 3. The van der Waals surface area contributed by atoms with E-state index in [4.69, 9.17) is 11.6 Å². The van der Waals surface area contributed by atoms with E-state index in [1.165, 1.54) is 12.3 Å². The Balaban J connectivity index is 1.98. The Morgan fingerprint density at radius 1 is 1.14 bits per heavy atom. The van der Waals surface area contributed by atoms with Gasteiger partial charge in [-0.05, 0) is 56.3 Å². The first-order valence-electron chi connectivity index (χ1n) is 9.18. The van der Waals surface area contributed by atoms with Crippen molar-refractivity contribution < 1.29 is 5.11 Å². The Morgan fingerprint density at radius 2 is 1.83 bits per heavy atom. The number of hydrogen-bond donors (Lipinski definition) is 2. The van der Waals surface area contributed by atoms with Crippen LogP contribution in [0.15, 0.2) is 63.1 Å². The number of H-pyrrole nitrogens is 1. The molecule has 0 aliphatic carbocycles. The molecule has 2 aromatic carbocycles.